The zero-order valence-electron chi connectivity index (χ0n) is 13.6. The second kappa shape index (κ2) is 7.46. The SMILES string of the molecule is CN=c1scc(-c2cccs2)n1N=Cc1cccc(OC)c1OC. The van der Waals surface area contributed by atoms with Gasteiger partial charge in [0.25, 0.3) is 0 Å². The van der Waals surface area contributed by atoms with Crippen molar-refractivity contribution in [2.45, 2.75) is 0 Å². The van der Waals surface area contributed by atoms with E-state index < -0.39 is 0 Å². The van der Waals surface area contributed by atoms with E-state index in [-0.39, 0.29) is 0 Å². The van der Waals surface area contributed by atoms with Crippen LogP contribution in [0.25, 0.3) is 10.6 Å². The van der Waals surface area contributed by atoms with Crippen LogP contribution in [-0.4, -0.2) is 32.2 Å². The normalized spacial score (nSPS) is 12.0. The first-order valence-electron chi connectivity index (χ1n) is 7.21. The number of hydrogen-bond acceptors (Lipinski definition) is 6. The van der Waals surface area contributed by atoms with Gasteiger partial charge < -0.3 is 9.47 Å². The summed E-state index contributed by atoms with van der Waals surface area (Å²) in [6.45, 7) is 0. The standard InChI is InChI=1S/C17H17N3O2S2/c1-18-17-20(13(11-24-17)15-8-5-9-23-15)19-10-12-6-4-7-14(21-2)16(12)22-3/h4-11H,1-3H3. The third-order valence-corrected chi connectivity index (χ3v) is 5.20. The number of para-hydroxylation sites is 1. The number of nitrogens with zero attached hydrogens (tertiary/aromatic N) is 3. The molecule has 3 rings (SSSR count). The van der Waals surface area contributed by atoms with Gasteiger partial charge in [0, 0.05) is 18.0 Å². The molecule has 0 saturated carbocycles. The molecule has 124 valence electrons. The van der Waals surface area contributed by atoms with Crippen molar-refractivity contribution in [3.8, 4) is 22.1 Å². The van der Waals surface area contributed by atoms with E-state index in [9.17, 15) is 0 Å². The van der Waals surface area contributed by atoms with Gasteiger partial charge in [0.15, 0.2) is 11.5 Å². The van der Waals surface area contributed by atoms with Crippen LogP contribution in [-0.2, 0) is 0 Å². The van der Waals surface area contributed by atoms with E-state index in [0.717, 1.165) is 20.9 Å². The Bertz CT molecular complexity index is 908. The predicted octanol–water partition coefficient (Wildman–Crippen LogP) is 3.71. The van der Waals surface area contributed by atoms with E-state index in [0.29, 0.717) is 11.5 Å². The van der Waals surface area contributed by atoms with E-state index in [2.05, 4.69) is 26.9 Å². The van der Waals surface area contributed by atoms with Crippen molar-refractivity contribution in [3.05, 3.63) is 51.5 Å². The number of hydrogen-bond donors (Lipinski definition) is 0. The lowest BCUT2D eigenvalue weighted by Gasteiger charge is -2.09. The van der Waals surface area contributed by atoms with Gasteiger partial charge in [0.05, 0.1) is 31.0 Å². The first-order chi connectivity index (χ1) is 11.8. The molecular formula is C17H17N3O2S2. The first kappa shape index (κ1) is 16.5. The molecule has 0 fully saturated rings. The Morgan fingerprint density at radius 3 is 2.62 bits per heavy atom. The molecule has 5 nitrogen and oxygen atoms in total. The van der Waals surface area contributed by atoms with Gasteiger partial charge in [-0.2, -0.15) is 5.10 Å². The highest BCUT2D eigenvalue weighted by Gasteiger charge is 2.10. The predicted molar refractivity (Wildman–Crippen MR) is 99.6 cm³/mol. The first-order valence-corrected chi connectivity index (χ1v) is 8.97. The lowest BCUT2D eigenvalue weighted by Crippen LogP contribution is -2.11. The molecule has 0 unspecified atom stereocenters. The lowest BCUT2D eigenvalue weighted by atomic mass is 10.2. The van der Waals surface area contributed by atoms with Gasteiger partial charge in [-0.05, 0) is 23.6 Å². The second-order valence-electron chi connectivity index (χ2n) is 4.74. The fourth-order valence-corrected chi connectivity index (χ4v) is 3.89. The Labute approximate surface area is 148 Å². The third kappa shape index (κ3) is 3.13. The number of methoxy groups -OCH3 is 2. The third-order valence-electron chi connectivity index (χ3n) is 3.40. The maximum Gasteiger partial charge on any atom is 0.205 e. The van der Waals surface area contributed by atoms with Gasteiger partial charge in [-0.1, -0.05) is 12.1 Å². The molecule has 0 aliphatic rings. The molecule has 0 radical (unpaired) electrons. The van der Waals surface area contributed by atoms with Crippen molar-refractivity contribution >= 4 is 28.9 Å². The van der Waals surface area contributed by atoms with Crippen molar-refractivity contribution < 1.29 is 9.47 Å². The van der Waals surface area contributed by atoms with Gasteiger partial charge in [-0.3, -0.25) is 4.99 Å². The molecule has 1 aromatic carbocycles. The summed E-state index contributed by atoms with van der Waals surface area (Å²) in [4.78, 5) is 6.29. The molecule has 2 aromatic heterocycles. The number of rotatable bonds is 5. The van der Waals surface area contributed by atoms with Crippen LogP contribution in [0.15, 0.2) is 51.2 Å². The lowest BCUT2D eigenvalue weighted by molar-refractivity contribution is 0.354. The monoisotopic (exact) mass is 359 g/mol. The van der Waals surface area contributed by atoms with E-state index in [4.69, 9.17) is 9.47 Å². The van der Waals surface area contributed by atoms with Crippen molar-refractivity contribution in [2.75, 3.05) is 21.3 Å². The van der Waals surface area contributed by atoms with Crippen LogP contribution in [0, 0.1) is 0 Å². The minimum atomic E-state index is 0.659. The maximum absolute atomic E-state index is 5.45. The van der Waals surface area contributed by atoms with Gasteiger partial charge in [0.1, 0.15) is 0 Å². The summed E-state index contributed by atoms with van der Waals surface area (Å²) >= 11 is 3.24. The number of aromatic nitrogens is 1. The van der Waals surface area contributed by atoms with Crippen LogP contribution in [0.1, 0.15) is 5.56 Å². The van der Waals surface area contributed by atoms with Crippen LogP contribution in [0.2, 0.25) is 0 Å². The highest BCUT2D eigenvalue weighted by molar-refractivity contribution is 7.14. The van der Waals surface area contributed by atoms with Crippen molar-refractivity contribution in [3.63, 3.8) is 0 Å². The van der Waals surface area contributed by atoms with Crippen LogP contribution >= 0.6 is 22.7 Å². The molecule has 24 heavy (non-hydrogen) atoms. The molecule has 0 atom stereocenters. The Kier molecular flexibility index (Phi) is 5.12. The van der Waals surface area contributed by atoms with Crippen LogP contribution in [0.5, 0.6) is 11.5 Å². The van der Waals surface area contributed by atoms with Gasteiger partial charge in [-0.15, -0.1) is 22.7 Å². The average molecular weight is 359 g/mol. The molecular weight excluding hydrogens is 342 g/mol. The largest absolute Gasteiger partial charge is 0.493 e. The van der Waals surface area contributed by atoms with Crippen LogP contribution in [0.4, 0.5) is 0 Å². The summed E-state index contributed by atoms with van der Waals surface area (Å²) in [5, 5.41) is 8.74. The fraction of sp³-hybridized carbons (Fsp3) is 0.176. The minimum Gasteiger partial charge on any atom is -0.493 e. The summed E-state index contributed by atoms with van der Waals surface area (Å²) in [5.41, 5.74) is 1.86. The van der Waals surface area contributed by atoms with Crippen LogP contribution in [0.3, 0.4) is 0 Å². The quantitative estimate of drug-likeness (QED) is 0.652. The smallest absolute Gasteiger partial charge is 0.205 e. The topological polar surface area (TPSA) is 48.1 Å². The van der Waals surface area contributed by atoms with E-state index in [1.807, 2.05) is 28.9 Å². The van der Waals surface area contributed by atoms with E-state index in [1.165, 1.54) is 0 Å². The van der Waals surface area contributed by atoms with Gasteiger partial charge >= 0.3 is 0 Å². The minimum absolute atomic E-state index is 0.659. The molecule has 0 aliphatic heterocycles. The van der Waals surface area contributed by atoms with E-state index in [1.54, 1.807) is 50.2 Å². The van der Waals surface area contributed by atoms with Gasteiger partial charge in [-0.25, -0.2) is 4.68 Å². The summed E-state index contributed by atoms with van der Waals surface area (Å²) < 4.78 is 12.6. The highest BCUT2D eigenvalue weighted by Crippen LogP contribution is 2.30. The summed E-state index contributed by atoms with van der Waals surface area (Å²) in [5.74, 6) is 1.34. The Morgan fingerprint density at radius 2 is 1.96 bits per heavy atom. The number of thiazole rings is 1. The average Bonchev–Trinajstić information content (AvgIpc) is 3.28. The summed E-state index contributed by atoms with van der Waals surface area (Å²) in [6.07, 6.45) is 1.76. The fourth-order valence-electron chi connectivity index (χ4n) is 2.29. The second-order valence-corrected chi connectivity index (χ2v) is 6.53. The van der Waals surface area contributed by atoms with Gasteiger partial charge in [0.2, 0.25) is 4.80 Å². The Hall–Kier alpha value is -2.38. The van der Waals surface area contributed by atoms with Crippen molar-refractivity contribution in [1.82, 2.24) is 4.68 Å². The number of ether oxygens (including phenoxy) is 2. The Morgan fingerprint density at radius 1 is 1.08 bits per heavy atom. The molecule has 0 aliphatic carbocycles. The van der Waals surface area contributed by atoms with E-state index >= 15 is 0 Å². The van der Waals surface area contributed by atoms with Crippen LogP contribution < -0.4 is 14.3 Å². The van der Waals surface area contributed by atoms with Crippen molar-refractivity contribution in [1.29, 1.82) is 0 Å². The molecule has 0 saturated heterocycles. The molecule has 0 bridgehead atoms. The number of benzene rings is 1. The summed E-state index contributed by atoms with van der Waals surface area (Å²) in [6, 6.07) is 9.80. The molecule has 0 N–H and O–H groups in total. The molecule has 0 amide bonds. The number of thiophene rings is 1. The zero-order valence-corrected chi connectivity index (χ0v) is 15.2. The van der Waals surface area contributed by atoms with Crippen molar-refractivity contribution in [2.24, 2.45) is 10.1 Å². The Balaban J connectivity index is 2.06. The molecule has 0 spiro atoms. The zero-order chi connectivity index (χ0) is 16.9. The highest BCUT2D eigenvalue weighted by atomic mass is 32.1. The summed E-state index contributed by atoms with van der Waals surface area (Å²) in [7, 11) is 5.01. The molecule has 7 heteroatoms. The maximum atomic E-state index is 5.45. The molecule has 3 aromatic rings. The molecule has 2 heterocycles.